The quantitative estimate of drug-likeness (QED) is 0.837. The smallest absolute Gasteiger partial charge is 0.422 e. The molecule has 1 N–H and O–H groups in total. The normalized spacial score (nSPS) is 19.5. The SMILES string of the molecule is OCCCC1CCCN1Cc1cccc(OCC(F)(F)F)c1. The molecule has 1 saturated heterocycles. The third kappa shape index (κ3) is 5.50. The van der Waals surface area contributed by atoms with Crippen LogP contribution in [0.25, 0.3) is 0 Å². The number of alkyl halides is 3. The van der Waals surface area contributed by atoms with E-state index in [0.29, 0.717) is 12.6 Å². The van der Waals surface area contributed by atoms with E-state index in [2.05, 4.69) is 4.90 Å². The summed E-state index contributed by atoms with van der Waals surface area (Å²) in [6.07, 6.45) is -0.332. The Bertz CT molecular complexity index is 465. The van der Waals surface area contributed by atoms with Crippen molar-refractivity contribution in [2.75, 3.05) is 19.8 Å². The molecule has 3 nitrogen and oxygen atoms in total. The van der Waals surface area contributed by atoms with Crippen LogP contribution < -0.4 is 4.74 Å². The van der Waals surface area contributed by atoms with Crippen LogP contribution in [0.2, 0.25) is 0 Å². The number of halogens is 3. The molecule has 1 atom stereocenters. The molecule has 0 amide bonds. The van der Waals surface area contributed by atoms with Gasteiger partial charge < -0.3 is 9.84 Å². The Labute approximate surface area is 128 Å². The number of nitrogens with zero attached hydrogens (tertiary/aromatic N) is 1. The molecule has 0 saturated carbocycles. The first-order chi connectivity index (χ1) is 10.5. The Morgan fingerprint density at radius 2 is 2.14 bits per heavy atom. The number of rotatable bonds is 7. The Hall–Kier alpha value is -1.27. The summed E-state index contributed by atoms with van der Waals surface area (Å²) in [7, 11) is 0. The second-order valence-corrected chi connectivity index (χ2v) is 5.68. The largest absolute Gasteiger partial charge is 0.484 e. The van der Waals surface area contributed by atoms with Gasteiger partial charge >= 0.3 is 6.18 Å². The van der Waals surface area contributed by atoms with Gasteiger partial charge in [0.15, 0.2) is 6.61 Å². The van der Waals surface area contributed by atoms with E-state index >= 15 is 0 Å². The van der Waals surface area contributed by atoms with Gasteiger partial charge in [-0.2, -0.15) is 13.2 Å². The van der Waals surface area contributed by atoms with Crippen molar-refractivity contribution in [2.24, 2.45) is 0 Å². The van der Waals surface area contributed by atoms with Gasteiger partial charge in [0.1, 0.15) is 5.75 Å². The van der Waals surface area contributed by atoms with Gasteiger partial charge in [-0.25, -0.2) is 0 Å². The summed E-state index contributed by atoms with van der Waals surface area (Å²) in [5, 5.41) is 8.94. The van der Waals surface area contributed by atoms with Crippen LogP contribution in [0.1, 0.15) is 31.2 Å². The molecule has 0 radical (unpaired) electrons. The standard InChI is InChI=1S/C16H22F3NO2/c17-16(18,19)12-22-15-7-1-4-13(10-15)11-20-8-2-5-14(20)6-3-9-21/h1,4,7,10,14,21H,2-3,5-6,8-9,11-12H2. The summed E-state index contributed by atoms with van der Waals surface area (Å²) in [5.74, 6) is 0.251. The van der Waals surface area contributed by atoms with E-state index in [0.717, 1.165) is 37.8 Å². The van der Waals surface area contributed by atoms with Crippen molar-refractivity contribution >= 4 is 0 Å². The zero-order valence-electron chi connectivity index (χ0n) is 12.5. The lowest BCUT2D eigenvalue weighted by Crippen LogP contribution is -2.29. The summed E-state index contributed by atoms with van der Waals surface area (Å²) >= 11 is 0. The molecule has 0 bridgehead atoms. The number of hydrogen-bond acceptors (Lipinski definition) is 3. The fourth-order valence-corrected chi connectivity index (χ4v) is 2.89. The molecule has 1 fully saturated rings. The molecule has 1 heterocycles. The second-order valence-electron chi connectivity index (χ2n) is 5.68. The summed E-state index contributed by atoms with van der Waals surface area (Å²) in [4.78, 5) is 2.33. The second kappa shape index (κ2) is 7.83. The Morgan fingerprint density at radius 1 is 1.32 bits per heavy atom. The van der Waals surface area contributed by atoms with Gasteiger partial charge in [-0.3, -0.25) is 4.90 Å². The first-order valence-electron chi connectivity index (χ1n) is 7.61. The number of likely N-dealkylation sites (tertiary alicyclic amines) is 1. The summed E-state index contributed by atoms with van der Waals surface area (Å²) in [5.41, 5.74) is 0.954. The predicted molar refractivity (Wildman–Crippen MR) is 77.7 cm³/mol. The van der Waals surface area contributed by atoms with Crippen LogP contribution in [0, 0.1) is 0 Å². The van der Waals surface area contributed by atoms with E-state index in [9.17, 15) is 13.2 Å². The van der Waals surface area contributed by atoms with Crippen molar-refractivity contribution in [3.63, 3.8) is 0 Å². The average molecular weight is 317 g/mol. The topological polar surface area (TPSA) is 32.7 Å². The van der Waals surface area contributed by atoms with Crippen LogP contribution in [0.3, 0.4) is 0 Å². The van der Waals surface area contributed by atoms with Crippen molar-refractivity contribution in [3.8, 4) is 5.75 Å². The molecule has 124 valence electrons. The lowest BCUT2D eigenvalue weighted by Gasteiger charge is -2.24. The molecule has 2 rings (SSSR count). The van der Waals surface area contributed by atoms with Gasteiger partial charge in [-0.1, -0.05) is 12.1 Å². The average Bonchev–Trinajstić information content (AvgIpc) is 2.90. The first kappa shape index (κ1) is 17.1. The Balaban J connectivity index is 1.92. The van der Waals surface area contributed by atoms with E-state index in [1.54, 1.807) is 18.2 Å². The van der Waals surface area contributed by atoms with E-state index in [1.165, 1.54) is 0 Å². The van der Waals surface area contributed by atoms with E-state index in [1.807, 2.05) is 6.07 Å². The van der Waals surface area contributed by atoms with Gasteiger partial charge in [0, 0.05) is 19.2 Å². The maximum Gasteiger partial charge on any atom is 0.422 e. The summed E-state index contributed by atoms with van der Waals surface area (Å²) < 4.78 is 41.3. The third-order valence-corrected chi connectivity index (χ3v) is 3.88. The maximum absolute atomic E-state index is 12.2. The van der Waals surface area contributed by atoms with Crippen molar-refractivity contribution < 1.29 is 23.0 Å². The molecule has 1 unspecified atom stereocenters. The molecule has 1 aromatic carbocycles. The fourth-order valence-electron chi connectivity index (χ4n) is 2.89. The van der Waals surface area contributed by atoms with Crippen LogP contribution in [-0.4, -0.2) is 42.0 Å². The van der Waals surface area contributed by atoms with E-state index < -0.39 is 12.8 Å². The molecular formula is C16H22F3NO2. The minimum Gasteiger partial charge on any atom is -0.484 e. The minimum atomic E-state index is -4.32. The highest BCUT2D eigenvalue weighted by Gasteiger charge is 2.28. The van der Waals surface area contributed by atoms with Crippen LogP contribution in [0.5, 0.6) is 5.75 Å². The van der Waals surface area contributed by atoms with Crippen LogP contribution in [-0.2, 0) is 6.54 Å². The van der Waals surface area contributed by atoms with E-state index in [-0.39, 0.29) is 12.4 Å². The van der Waals surface area contributed by atoms with Crippen molar-refractivity contribution in [1.82, 2.24) is 4.90 Å². The fraction of sp³-hybridized carbons (Fsp3) is 0.625. The summed E-state index contributed by atoms with van der Waals surface area (Å²) in [6.45, 7) is 0.632. The first-order valence-corrected chi connectivity index (χ1v) is 7.61. The van der Waals surface area contributed by atoms with Crippen molar-refractivity contribution in [1.29, 1.82) is 0 Å². The van der Waals surface area contributed by atoms with Crippen LogP contribution in [0.4, 0.5) is 13.2 Å². The van der Waals surface area contributed by atoms with Gasteiger partial charge in [-0.05, 0) is 49.9 Å². The maximum atomic E-state index is 12.2. The molecule has 1 aliphatic rings. The van der Waals surface area contributed by atoms with E-state index in [4.69, 9.17) is 9.84 Å². The highest BCUT2D eigenvalue weighted by Crippen LogP contribution is 2.25. The molecular weight excluding hydrogens is 295 g/mol. The highest BCUT2D eigenvalue weighted by molar-refractivity contribution is 5.28. The molecule has 0 spiro atoms. The lowest BCUT2D eigenvalue weighted by molar-refractivity contribution is -0.153. The van der Waals surface area contributed by atoms with Crippen molar-refractivity contribution in [3.05, 3.63) is 29.8 Å². The number of aliphatic hydroxyl groups excluding tert-OH is 1. The zero-order chi connectivity index (χ0) is 16.0. The van der Waals surface area contributed by atoms with Crippen molar-refractivity contribution in [2.45, 2.75) is 44.4 Å². The monoisotopic (exact) mass is 317 g/mol. The molecule has 6 heteroatoms. The number of benzene rings is 1. The third-order valence-electron chi connectivity index (χ3n) is 3.88. The predicted octanol–water partition coefficient (Wildman–Crippen LogP) is 3.36. The number of hydrogen-bond donors (Lipinski definition) is 1. The highest BCUT2D eigenvalue weighted by atomic mass is 19.4. The van der Waals surface area contributed by atoms with Gasteiger partial charge in [0.25, 0.3) is 0 Å². The molecule has 1 aromatic rings. The molecule has 22 heavy (non-hydrogen) atoms. The Kier molecular flexibility index (Phi) is 6.08. The number of ether oxygens (including phenoxy) is 1. The summed E-state index contributed by atoms with van der Waals surface area (Å²) in [6, 6.07) is 7.30. The van der Waals surface area contributed by atoms with Crippen LogP contribution >= 0.6 is 0 Å². The molecule has 0 aliphatic carbocycles. The zero-order valence-corrected chi connectivity index (χ0v) is 12.5. The minimum absolute atomic E-state index is 0.200. The lowest BCUT2D eigenvalue weighted by atomic mass is 10.1. The Morgan fingerprint density at radius 3 is 2.86 bits per heavy atom. The van der Waals surface area contributed by atoms with Gasteiger partial charge in [0.05, 0.1) is 0 Å². The molecule has 0 aromatic heterocycles. The van der Waals surface area contributed by atoms with Gasteiger partial charge in [-0.15, -0.1) is 0 Å². The van der Waals surface area contributed by atoms with Crippen LogP contribution in [0.15, 0.2) is 24.3 Å². The molecule has 1 aliphatic heterocycles. The van der Waals surface area contributed by atoms with Gasteiger partial charge in [0.2, 0.25) is 0 Å². The number of aliphatic hydroxyl groups is 1.